The van der Waals surface area contributed by atoms with Crippen LogP contribution in [-0.2, 0) is 0 Å². The minimum absolute atomic E-state index is 0.0743. The van der Waals surface area contributed by atoms with Crippen molar-refractivity contribution in [3.63, 3.8) is 0 Å². The number of nitrogens with one attached hydrogen (secondary N) is 1. The molecule has 0 spiro atoms. The maximum Gasteiger partial charge on any atom is 0.272 e. The molecule has 0 saturated heterocycles. The number of aromatic nitrogens is 3. The van der Waals surface area contributed by atoms with Gasteiger partial charge in [0.15, 0.2) is 5.65 Å². The van der Waals surface area contributed by atoms with Gasteiger partial charge in [0.05, 0.1) is 11.3 Å². The number of hydrogen-bond acceptors (Lipinski definition) is 3. The predicted molar refractivity (Wildman–Crippen MR) is 98.7 cm³/mol. The Kier molecular flexibility index (Phi) is 3.58. The number of H-pyrrole nitrogens is 1. The van der Waals surface area contributed by atoms with E-state index in [-0.39, 0.29) is 11.5 Å². The molecule has 3 heterocycles. The standard InChI is InChI=1S/C19H17N3OS/c1-12(2)16-9-18(23)22-19(21-16)15(10-20-22)17-8-14(11-24-17)13-6-4-3-5-7-13/h3-12,20H,1-2H3. The minimum atomic E-state index is -0.0743. The number of fused-ring (bicyclic) bond motifs is 1. The van der Waals surface area contributed by atoms with Gasteiger partial charge in [0.1, 0.15) is 0 Å². The first-order valence-corrected chi connectivity index (χ1v) is 8.77. The number of thiophene rings is 1. The normalized spacial score (nSPS) is 11.5. The highest BCUT2D eigenvalue weighted by atomic mass is 32.1. The molecule has 0 radical (unpaired) electrons. The highest BCUT2D eigenvalue weighted by Gasteiger charge is 2.14. The summed E-state index contributed by atoms with van der Waals surface area (Å²) in [7, 11) is 0. The van der Waals surface area contributed by atoms with Gasteiger partial charge in [-0.3, -0.25) is 9.89 Å². The molecule has 0 aliphatic rings. The maximum atomic E-state index is 12.3. The second kappa shape index (κ2) is 5.76. The molecule has 4 rings (SSSR count). The first-order valence-electron chi connectivity index (χ1n) is 7.89. The van der Waals surface area contributed by atoms with Gasteiger partial charge in [-0.25, -0.2) is 9.50 Å². The molecule has 0 amide bonds. The Morgan fingerprint density at radius 2 is 1.92 bits per heavy atom. The van der Waals surface area contributed by atoms with Crippen LogP contribution in [0.25, 0.3) is 27.2 Å². The van der Waals surface area contributed by atoms with Crippen LogP contribution in [-0.4, -0.2) is 14.6 Å². The lowest BCUT2D eigenvalue weighted by Gasteiger charge is -2.04. The summed E-state index contributed by atoms with van der Waals surface area (Å²) >= 11 is 1.66. The molecule has 0 atom stereocenters. The summed E-state index contributed by atoms with van der Waals surface area (Å²) < 4.78 is 1.50. The molecule has 4 aromatic rings. The van der Waals surface area contributed by atoms with E-state index in [1.807, 2.05) is 38.2 Å². The fourth-order valence-corrected chi connectivity index (χ4v) is 3.67. The van der Waals surface area contributed by atoms with Crippen molar-refractivity contribution >= 4 is 17.0 Å². The molecule has 24 heavy (non-hydrogen) atoms. The Morgan fingerprint density at radius 1 is 1.12 bits per heavy atom. The zero-order chi connectivity index (χ0) is 16.7. The van der Waals surface area contributed by atoms with E-state index in [9.17, 15) is 4.79 Å². The molecule has 120 valence electrons. The summed E-state index contributed by atoms with van der Waals surface area (Å²) in [4.78, 5) is 18.1. The third-order valence-electron chi connectivity index (χ3n) is 4.08. The first-order chi connectivity index (χ1) is 11.6. The average molecular weight is 335 g/mol. The molecular weight excluding hydrogens is 318 g/mol. The van der Waals surface area contributed by atoms with Crippen molar-refractivity contribution < 1.29 is 0 Å². The van der Waals surface area contributed by atoms with Gasteiger partial charge in [0.25, 0.3) is 5.56 Å². The van der Waals surface area contributed by atoms with Crippen molar-refractivity contribution in [3.8, 4) is 21.6 Å². The predicted octanol–water partition coefficient (Wildman–Crippen LogP) is 4.54. The molecule has 4 nitrogen and oxygen atoms in total. The van der Waals surface area contributed by atoms with E-state index >= 15 is 0 Å². The molecule has 0 saturated carbocycles. The van der Waals surface area contributed by atoms with Crippen LogP contribution in [0.3, 0.4) is 0 Å². The van der Waals surface area contributed by atoms with Gasteiger partial charge < -0.3 is 0 Å². The van der Waals surface area contributed by atoms with E-state index in [2.05, 4.69) is 28.7 Å². The molecular formula is C19H17N3OS. The van der Waals surface area contributed by atoms with Crippen LogP contribution < -0.4 is 5.56 Å². The van der Waals surface area contributed by atoms with Crippen molar-refractivity contribution in [2.24, 2.45) is 0 Å². The van der Waals surface area contributed by atoms with Crippen LogP contribution in [0, 0.1) is 0 Å². The molecule has 0 unspecified atom stereocenters. The third kappa shape index (κ3) is 2.47. The SMILES string of the molecule is CC(C)c1cc(=O)n2[nH]cc(-c3cc(-c4ccccc4)cs3)c2n1. The average Bonchev–Trinajstić information content (AvgIpc) is 3.22. The van der Waals surface area contributed by atoms with Gasteiger partial charge >= 0.3 is 0 Å². The first kappa shape index (κ1) is 14.9. The molecule has 1 aromatic carbocycles. The van der Waals surface area contributed by atoms with Gasteiger partial charge in [-0.1, -0.05) is 44.2 Å². The number of nitrogens with zero attached hydrogens (tertiary/aromatic N) is 2. The van der Waals surface area contributed by atoms with Crippen LogP contribution in [0.2, 0.25) is 0 Å². The lowest BCUT2D eigenvalue weighted by atomic mass is 10.1. The second-order valence-electron chi connectivity index (χ2n) is 6.09. The Balaban J connectivity index is 1.86. The zero-order valence-electron chi connectivity index (χ0n) is 13.5. The van der Waals surface area contributed by atoms with Crippen molar-refractivity contribution in [2.75, 3.05) is 0 Å². The zero-order valence-corrected chi connectivity index (χ0v) is 14.3. The number of hydrogen-bond donors (Lipinski definition) is 1. The van der Waals surface area contributed by atoms with Crippen LogP contribution in [0.5, 0.6) is 0 Å². The Morgan fingerprint density at radius 3 is 2.67 bits per heavy atom. The summed E-state index contributed by atoms with van der Waals surface area (Å²) in [5.74, 6) is 0.216. The maximum absolute atomic E-state index is 12.3. The smallest absolute Gasteiger partial charge is 0.272 e. The second-order valence-corrected chi connectivity index (χ2v) is 7.00. The molecule has 1 N–H and O–H groups in total. The highest BCUT2D eigenvalue weighted by molar-refractivity contribution is 7.14. The monoisotopic (exact) mass is 335 g/mol. The van der Waals surface area contributed by atoms with E-state index in [0.717, 1.165) is 16.1 Å². The van der Waals surface area contributed by atoms with Gasteiger partial charge in [0, 0.05) is 17.1 Å². The fraction of sp³-hybridized carbons (Fsp3) is 0.158. The van der Waals surface area contributed by atoms with E-state index in [0.29, 0.717) is 5.65 Å². The largest absolute Gasteiger partial charge is 0.296 e. The van der Waals surface area contributed by atoms with Crippen molar-refractivity contribution in [3.05, 3.63) is 70.1 Å². The van der Waals surface area contributed by atoms with Crippen LogP contribution >= 0.6 is 11.3 Å². The van der Waals surface area contributed by atoms with Gasteiger partial charge in [-0.15, -0.1) is 11.3 Å². The van der Waals surface area contributed by atoms with Gasteiger partial charge in [-0.2, -0.15) is 0 Å². The topological polar surface area (TPSA) is 50.2 Å². The molecule has 0 fully saturated rings. The van der Waals surface area contributed by atoms with E-state index in [1.54, 1.807) is 17.4 Å². The summed E-state index contributed by atoms with van der Waals surface area (Å²) in [6.07, 6.45) is 1.86. The summed E-state index contributed by atoms with van der Waals surface area (Å²) in [5, 5.41) is 5.16. The van der Waals surface area contributed by atoms with Crippen molar-refractivity contribution in [1.29, 1.82) is 0 Å². The molecule has 0 aliphatic carbocycles. The van der Waals surface area contributed by atoms with Crippen LogP contribution in [0.1, 0.15) is 25.5 Å². The van der Waals surface area contributed by atoms with Gasteiger partial charge in [-0.05, 0) is 28.5 Å². The number of aromatic amines is 1. The van der Waals surface area contributed by atoms with Crippen LogP contribution in [0.15, 0.2) is 58.8 Å². The molecule has 3 aromatic heterocycles. The lowest BCUT2D eigenvalue weighted by Crippen LogP contribution is -2.16. The Bertz CT molecular complexity index is 1060. The Labute approximate surface area is 143 Å². The number of benzene rings is 1. The molecule has 0 aliphatic heterocycles. The minimum Gasteiger partial charge on any atom is -0.296 e. The van der Waals surface area contributed by atoms with E-state index in [4.69, 9.17) is 4.98 Å². The fourth-order valence-electron chi connectivity index (χ4n) is 2.74. The summed E-state index contributed by atoms with van der Waals surface area (Å²) in [6.45, 7) is 4.09. The van der Waals surface area contributed by atoms with Crippen molar-refractivity contribution in [2.45, 2.75) is 19.8 Å². The lowest BCUT2D eigenvalue weighted by molar-refractivity contribution is 0.797. The molecule has 0 bridgehead atoms. The van der Waals surface area contributed by atoms with Crippen molar-refractivity contribution in [1.82, 2.24) is 14.6 Å². The van der Waals surface area contributed by atoms with E-state index < -0.39 is 0 Å². The van der Waals surface area contributed by atoms with E-state index in [1.165, 1.54) is 15.6 Å². The highest BCUT2D eigenvalue weighted by Crippen LogP contribution is 2.34. The van der Waals surface area contributed by atoms with Gasteiger partial charge in [0.2, 0.25) is 0 Å². The van der Waals surface area contributed by atoms with Crippen LogP contribution in [0.4, 0.5) is 0 Å². The third-order valence-corrected chi connectivity index (χ3v) is 5.04. The quantitative estimate of drug-likeness (QED) is 0.597. The summed E-state index contributed by atoms with van der Waals surface area (Å²) in [6, 6.07) is 14.0. The number of rotatable bonds is 3. The summed E-state index contributed by atoms with van der Waals surface area (Å²) in [5.41, 5.74) is 4.76. The Hall–Kier alpha value is -2.66. The molecule has 5 heteroatoms.